The number of nitrogens with zero attached hydrogens (tertiary/aromatic N) is 4. The van der Waals surface area contributed by atoms with Gasteiger partial charge in [-0.1, -0.05) is 24.3 Å². The first-order chi connectivity index (χ1) is 15.7. The van der Waals surface area contributed by atoms with E-state index in [1.807, 2.05) is 16.9 Å². The Labute approximate surface area is 210 Å². The van der Waals surface area contributed by atoms with Crippen molar-refractivity contribution in [3.8, 4) is 5.69 Å². The van der Waals surface area contributed by atoms with Crippen molar-refractivity contribution in [3.05, 3.63) is 60.4 Å². The van der Waals surface area contributed by atoms with Gasteiger partial charge in [0.05, 0.1) is 17.5 Å². The SMILES string of the molecule is CN=C(NCCc1ccc(-n2cccn2)cc1)NCCN1C(=O)C2C3C=CC(C3)C2C1=O.I. The highest BCUT2D eigenvalue weighted by molar-refractivity contribution is 14.0. The van der Waals surface area contributed by atoms with Gasteiger partial charge in [0.15, 0.2) is 5.96 Å². The van der Waals surface area contributed by atoms with Gasteiger partial charge in [-0.3, -0.25) is 19.5 Å². The highest BCUT2D eigenvalue weighted by Gasteiger charge is 2.58. The molecule has 4 unspecified atom stereocenters. The third kappa shape index (κ3) is 4.55. The van der Waals surface area contributed by atoms with Crippen LogP contribution in [0, 0.1) is 23.7 Å². The van der Waals surface area contributed by atoms with Crippen molar-refractivity contribution in [2.24, 2.45) is 28.7 Å². The van der Waals surface area contributed by atoms with E-state index in [1.54, 1.807) is 13.2 Å². The molecule has 9 heteroatoms. The Hall–Kier alpha value is -2.69. The highest BCUT2D eigenvalue weighted by atomic mass is 127. The molecule has 2 heterocycles. The molecule has 1 aliphatic heterocycles. The Kier molecular flexibility index (Phi) is 7.16. The number of rotatable bonds is 7. The zero-order valence-corrected chi connectivity index (χ0v) is 20.9. The van der Waals surface area contributed by atoms with Crippen LogP contribution in [0.4, 0.5) is 0 Å². The fourth-order valence-electron chi connectivity index (χ4n) is 5.25. The predicted octanol–water partition coefficient (Wildman–Crippen LogP) is 2.00. The normalized spacial score (nSPS) is 25.4. The molecule has 2 aromatic rings. The van der Waals surface area contributed by atoms with Crippen molar-refractivity contribution in [2.45, 2.75) is 12.8 Å². The Morgan fingerprint density at radius 2 is 1.73 bits per heavy atom. The molecule has 8 nitrogen and oxygen atoms in total. The first-order valence-electron chi connectivity index (χ1n) is 11.2. The number of guanidine groups is 1. The molecule has 1 aromatic heterocycles. The van der Waals surface area contributed by atoms with Crippen LogP contribution in [0.1, 0.15) is 12.0 Å². The molecule has 1 aromatic carbocycles. The lowest BCUT2D eigenvalue weighted by Gasteiger charge is -2.18. The minimum absolute atomic E-state index is 0. The van der Waals surface area contributed by atoms with Gasteiger partial charge in [-0.05, 0) is 48.4 Å². The quantitative estimate of drug-likeness (QED) is 0.178. The Morgan fingerprint density at radius 3 is 2.33 bits per heavy atom. The average Bonchev–Trinajstić information content (AvgIpc) is 3.60. The number of aliphatic imine (C=N–C) groups is 1. The Morgan fingerprint density at radius 1 is 1.06 bits per heavy atom. The van der Waals surface area contributed by atoms with Crippen molar-refractivity contribution in [3.63, 3.8) is 0 Å². The molecule has 0 radical (unpaired) electrons. The topological polar surface area (TPSA) is 91.6 Å². The number of benzene rings is 1. The predicted molar refractivity (Wildman–Crippen MR) is 136 cm³/mol. The van der Waals surface area contributed by atoms with Gasteiger partial charge >= 0.3 is 0 Å². The van der Waals surface area contributed by atoms with Crippen LogP contribution in [0.25, 0.3) is 5.69 Å². The van der Waals surface area contributed by atoms with Gasteiger partial charge in [0.25, 0.3) is 0 Å². The van der Waals surface area contributed by atoms with E-state index >= 15 is 0 Å². The molecule has 4 atom stereocenters. The van der Waals surface area contributed by atoms with E-state index in [9.17, 15) is 9.59 Å². The number of amides is 2. The molecule has 1 saturated carbocycles. The molecule has 1 saturated heterocycles. The molecule has 33 heavy (non-hydrogen) atoms. The molecule has 2 fully saturated rings. The van der Waals surface area contributed by atoms with Gasteiger partial charge in [0.2, 0.25) is 11.8 Å². The maximum Gasteiger partial charge on any atom is 0.233 e. The third-order valence-corrected chi connectivity index (χ3v) is 6.82. The fourth-order valence-corrected chi connectivity index (χ4v) is 5.25. The molecule has 0 spiro atoms. The van der Waals surface area contributed by atoms with Crippen LogP contribution in [0.15, 0.2) is 59.9 Å². The van der Waals surface area contributed by atoms with Crippen molar-refractivity contribution in [1.82, 2.24) is 25.3 Å². The van der Waals surface area contributed by atoms with E-state index in [-0.39, 0.29) is 59.5 Å². The van der Waals surface area contributed by atoms with Crippen LogP contribution in [0.5, 0.6) is 0 Å². The van der Waals surface area contributed by atoms with Gasteiger partial charge in [-0.25, -0.2) is 4.68 Å². The maximum atomic E-state index is 12.8. The summed E-state index contributed by atoms with van der Waals surface area (Å²) < 4.78 is 1.83. The van der Waals surface area contributed by atoms with Crippen molar-refractivity contribution >= 4 is 41.8 Å². The number of carbonyl (C=O) groups is 2. The Bertz CT molecular complexity index is 1020. The molecule has 2 N–H and O–H groups in total. The van der Waals surface area contributed by atoms with Gasteiger partial charge in [-0.15, -0.1) is 24.0 Å². The average molecular weight is 560 g/mol. The second-order valence-electron chi connectivity index (χ2n) is 8.62. The number of hydrogen-bond donors (Lipinski definition) is 2. The molecule has 2 amide bonds. The van der Waals surface area contributed by atoms with Crippen LogP contribution in [0.2, 0.25) is 0 Å². The van der Waals surface area contributed by atoms with E-state index in [0.717, 1.165) is 25.1 Å². The summed E-state index contributed by atoms with van der Waals surface area (Å²) in [6, 6.07) is 10.2. The zero-order chi connectivity index (χ0) is 22.1. The summed E-state index contributed by atoms with van der Waals surface area (Å²) in [6.07, 6.45) is 9.73. The second-order valence-corrected chi connectivity index (χ2v) is 8.62. The molecule has 2 aliphatic carbocycles. The second kappa shape index (κ2) is 10.1. The molecular formula is C24H29IN6O2. The van der Waals surface area contributed by atoms with E-state index in [2.05, 4.69) is 57.1 Å². The van der Waals surface area contributed by atoms with E-state index < -0.39 is 0 Å². The maximum absolute atomic E-state index is 12.8. The van der Waals surface area contributed by atoms with Gasteiger partial charge in [0.1, 0.15) is 0 Å². The van der Waals surface area contributed by atoms with Crippen LogP contribution >= 0.6 is 24.0 Å². The van der Waals surface area contributed by atoms with E-state index in [4.69, 9.17) is 0 Å². The number of fused-ring (bicyclic) bond motifs is 5. The molecule has 3 aliphatic rings. The summed E-state index contributed by atoms with van der Waals surface area (Å²) >= 11 is 0. The van der Waals surface area contributed by atoms with Crippen molar-refractivity contribution in [2.75, 3.05) is 26.7 Å². The number of likely N-dealkylation sites (tertiary alicyclic amines) is 1. The number of allylic oxidation sites excluding steroid dienone is 2. The first-order valence-corrected chi connectivity index (χ1v) is 11.2. The largest absolute Gasteiger partial charge is 0.356 e. The first kappa shape index (κ1) is 23.5. The summed E-state index contributed by atoms with van der Waals surface area (Å²) in [5, 5.41) is 10.8. The number of halogens is 1. The minimum atomic E-state index is -0.130. The molecule has 2 bridgehead atoms. The van der Waals surface area contributed by atoms with Crippen LogP contribution in [-0.4, -0.2) is 59.1 Å². The summed E-state index contributed by atoms with van der Waals surface area (Å²) in [7, 11) is 1.72. The fraction of sp³-hybridized carbons (Fsp3) is 0.417. The lowest BCUT2D eigenvalue weighted by molar-refractivity contribution is -0.140. The number of imide groups is 1. The minimum Gasteiger partial charge on any atom is -0.356 e. The van der Waals surface area contributed by atoms with Crippen LogP contribution in [0.3, 0.4) is 0 Å². The van der Waals surface area contributed by atoms with Gasteiger partial charge < -0.3 is 10.6 Å². The number of aromatic nitrogens is 2. The lowest BCUT2D eigenvalue weighted by Crippen LogP contribution is -2.44. The smallest absolute Gasteiger partial charge is 0.233 e. The summed E-state index contributed by atoms with van der Waals surface area (Å²) in [5.74, 6) is 0.911. The standard InChI is InChI=1S/C24H28N6O2.HI/c1-25-24(26-11-9-16-3-7-19(8-4-16)30-13-2-10-28-30)27-12-14-29-22(31)20-17-5-6-18(15-17)21(20)23(29)32;/h2-8,10,13,17-18,20-21H,9,11-12,14-15H2,1H3,(H2,25,26,27);1H. The zero-order valence-electron chi connectivity index (χ0n) is 18.6. The monoisotopic (exact) mass is 560 g/mol. The van der Waals surface area contributed by atoms with E-state index in [1.165, 1.54) is 10.5 Å². The van der Waals surface area contributed by atoms with Gasteiger partial charge in [-0.2, -0.15) is 5.10 Å². The van der Waals surface area contributed by atoms with Crippen molar-refractivity contribution in [1.29, 1.82) is 0 Å². The summed E-state index contributed by atoms with van der Waals surface area (Å²) in [5.41, 5.74) is 2.25. The van der Waals surface area contributed by atoms with Gasteiger partial charge in [0, 0.05) is 39.1 Å². The highest BCUT2D eigenvalue weighted by Crippen LogP contribution is 2.52. The summed E-state index contributed by atoms with van der Waals surface area (Å²) in [6.45, 7) is 1.58. The Balaban J connectivity index is 0.00000259. The van der Waals surface area contributed by atoms with E-state index in [0.29, 0.717) is 19.0 Å². The molecule has 5 rings (SSSR count). The molecule has 174 valence electrons. The number of nitrogens with one attached hydrogen (secondary N) is 2. The number of carbonyl (C=O) groups excluding carboxylic acids is 2. The lowest BCUT2D eigenvalue weighted by atomic mass is 9.85. The summed E-state index contributed by atoms with van der Waals surface area (Å²) in [4.78, 5) is 31.2. The van der Waals surface area contributed by atoms with Crippen LogP contribution < -0.4 is 10.6 Å². The number of hydrogen-bond acceptors (Lipinski definition) is 4. The van der Waals surface area contributed by atoms with Crippen molar-refractivity contribution < 1.29 is 9.59 Å². The molecular weight excluding hydrogens is 531 g/mol. The third-order valence-electron chi connectivity index (χ3n) is 6.82. The van der Waals surface area contributed by atoms with Crippen LogP contribution in [-0.2, 0) is 16.0 Å².